The molecule has 4 rings (SSSR count). The van der Waals surface area contributed by atoms with Crippen molar-refractivity contribution < 1.29 is 14.3 Å². The number of nitrogens with zero attached hydrogens (tertiary/aromatic N) is 5. The molecule has 1 unspecified atom stereocenters. The van der Waals surface area contributed by atoms with Crippen LogP contribution in [0.15, 0.2) is 41.6 Å². The zero-order valence-electron chi connectivity index (χ0n) is 17.2. The molecule has 0 radical (unpaired) electrons. The van der Waals surface area contributed by atoms with E-state index in [-0.39, 0.29) is 23.3 Å². The van der Waals surface area contributed by atoms with E-state index in [1.807, 2.05) is 0 Å². The van der Waals surface area contributed by atoms with Crippen molar-refractivity contribution in [3.8, 4) is 23.1 Å². The average Bonchev–Trinajstić information content (AvgIpc) is 2.82. The van der Waals surface area contributed by atoms with Crippen LogP contribution in [0.1, 0.15) is 34.9 Å². The number of fused-ring (bicyclic) bond motifs is 1. The fraction of sp³-hybridized carbons (Fsp3) is 0.333. The van der Waals surface area contributed by atoms with Gasteiger partial charge in [0.25, 0.3) is 11.5 Å². The van der Waals surface area contributed by atoms with E-state index < -0.39 is 0 Å². The zero-order chi connectivity index (χ0) is 21.8. The second kappa shape index (κ2) is 8.90. The lowest BCUT2D eigenvalue weighted by Gasteiger charge is -2.26. The third kappa shape index (κ3) is 4.23. The Hall–Kier alpha value is -3.82. The summed E-state index contributed by atoms with van der Waals surface area (Å²) in [5.74, 6) is 0.757. The minimum Gasteiger partial charge on any atom is -0.481 e. The van der Waals surface area contributed by atoms with Crippen LogP contribution in [-0.4, -0.2) is 51.2 Å². The van der Waals surface area contributed by atoms with Gasteiger partial charge in [-0.2, -0.15) is 4.98 Å². The van der Waals surface area contributed by atoms with Crippen molar-refractivity contribution >= 4 is 5.91 Å². The Morgan fingerprint density at radius 2 is 2.06 bits per heavy atom. The topological polar surface area (TPSA) is 121 Å². The highest BCUT2D eigenvalue weighted by Crippen LogP contribution is 2.26. The minimum atomic E-state index is -0.321. The normalized spacial score (nSPS) is 15.1. The first-order chi connectivity index (χ1) is 15.1. The van der Waals surface area contributed by atoms with E-state index in [0.717, 1.165) is 12.8 Å². The quantitative estimate of drug-likeness (QED) is 0.633. The molecule has 1 N–H and O–H groups in total. The van der Waals surface area contributed by atoms with Crippen LogP contribution < -0.4 is 20.3 Å². The first kappa shape index (κ1) is 20.5. The molecule has 10 heteroatoms. The number of nitrogens with one attached hydrogen (secondary N) is 1. The number of hydrogen-bond acceptors (Lipinski definition) is 8. The number of pyridine rings is 1. The lowest BCUT2D eigenvalue weighted by molar-refractivity contribution is 0.0945. The van der Waals surface area contributed by atoms with Gasteiger partial charge in [-0.25, -0.2) is 15.0 Å². The van der Waals surface area contributed by atoms with Crippen molar-refractivity contribution in [3.63, 3.8) is 0 Å². The number of carbonyl (C=O) groups excluding carboxylic acids is 1. The second-order valence-corrected chi connectivity index (χ2v) is 7.04. The minimum absolute atomic E-state index is 0.107. The molecule has 3 aromatic heterocycles. The number of amides is 1. The SMILES string of the molecule is COc1ccc(C(=O)NCC2CCCn3c2nc(-c2ccncn2)cc3=O)c(OC)n1. The third-order valence-corrected chi connectivity index (χ3v) is 5.17. The largest absolute Gasteiger partial charge is 0.481 e. The van der Waals surface area contributed by atoms with Crippen molar-refractivity contribution in [2.24, 2.45) is 0 Å². The van der Waals surface area contributed by atoms with Gasteiger partial charge >= 0.3 is 0 Å². The average molecular weight is 422 g/mol. The van der Waals surface area contributed by atoms with Crippen LogP contribution in [0.2, 0.25) is 0 Å². The molecule has 0 saturated heterocycles. The summed E-state index contributed by atoms with van der Waals surface area (Å²) in [6.45, 7) is 0.930. The number of ether oxygens (including phenoxy) is 2. The smallest absolute Gasteiger partial charge is 0.256 e. The Kier molecular flexibility index (Phi) is 5.87. The number of rotatable bonds is 6. The lowest BCUT2D eigenvalue weighted by Crippen LogP contribution is -2.36. The van der Waals surface area contributed by atoms with E-state index >= 15 is 0 Å². The maximum Gasteiger partial charge on any atom is 0.256 e. The van der Waals surface area contributed by atoms with Crippen molar-refractivity contribution in [2.75, 3.05) is 20.8 Å². The van der Waals surface area contributed by atoms with Crippen LogP contribution in [0.3, 0.4) is 0 Å². The summed E-state index contributed by atoms with van der Waals surface area (Å²) < 4.78 is 12.0. The standard InChI is InChI=1S/C21H22N6O4/c1-30-17-6-5-14(21(26-17)31-2)20(29)23-11-13-4-3-9-27-18(28)10-16(25-19(13)27)15-7-8-22-12-24-15/h5-8,10,12-13H,3-4,9,11H2,1-2H3,(H,23,29). The Labute approximate surface area is 178 Å². The molecule has 1 amide bonds. The monoisotopic (exact) mass is 422 g/mol. The highest BCUT2D eigenvalue weighted by atomic mass is 16.5. The van der Waals surface area contributed by atoms with Gasteiger partial charge in [0.1, 0.15) is 17.7 Å². The molecule has 10 nitrogen and oxygen atoms in total. The van der Waals surface area contributed by atoms with E-state index in [9.17, 15) is 9.59 Å². The van der Waals surface area contributed by atoms with E-state index in [2.05, 4.69) is 20.3 Å². The van der Waals surface area contributed by atoms with Crippen LogP contribution in [0.25, 0.3) is 11.4 Å². The Morgan fingerprint density at radius 3 is 2.81 bits per heavy atom. The van der Waals surface area contributed by atoms with Crippen molar-refractivity contribution in [2.45, 2.75) is 25.3 Å². The van der Waals surface area contributed by atoms with Gasteiger partial charge in [0.2, 0.25) is 11.8 Å². The molecule has 1 aliphatic heterocycles. The summed E-state index contributed by atoms with van der Waals surface area (Å²) in [7, 11) is 2.94. The van der Waals surface area contributed by atoms with Gasteiger partial charge in [-0.3, -0.25) is 14.2 Å². The van der Waals surface area contributed by atoms with Gasteiger partial charge < -0.3 is 14.8 Å². The van der Waals surface area contributed by atoms with Gasteiger partial charge in [-0.05, 0) is 25.0 Å². The van der Waals surface area contributed by atoms with E-state index in [1.165, 1.54) is 26.6 Å². The van der Waals surface area contributed by atoms with Crippen LogP contribution in [-0.2, 0) is 6.54 Å². The van der Waals surface area contributed by atoms with Crippen LogP contribution in [0, 0.1) is 0 Å². The van der Waals surface area contributed by atoms with Crippen molar-refractivity contribution in [1.82, 2.24) is 29.8 Å². The van der Waals surface area contributed by atoms with Crippen LogP contribution in [0.4, 0.5) is 0 Å². The summed E-state index contributed by atoms with van der Waals surface area (Å²) in [6.07, 6.45) is 4.66. The molecule has 0 spiro atoms. The molecular formula is C21H22N6O4. The van der Waals surface area contributed by atoms with E-state index in [4.69, 9.17) is 14.5 Å². The fourth-order valence-corrected chi connectivity index (χ4v) is 3.63. The summed E-state index contributed by atoms with van der Waals surface area (Å²) in [4.78, 5) is 42.4. The van der Waals surface area contributed by atoms with Gasteiger partial charge in [0, 0.05) is 37.3 Å². The molecule has 4 heterocycles. The molecule has 31 heavy (non-hydrogen) atoms. The van der Waals surface area contributed by atoms with Gasteiger partial charge in [0.15, 0.2) is 0 Å². The Morgan fingerprint density at radius 1 is 1.19 bits per heavy atom. The van der Waals surface area contributed by atoms with Gasteiger partial charge in [-0.1, -0.05) is 0 Å². The number of aromatic nitrogens is 5. The molecular weight excluding hydrogens is 400 g/mol. The van der Waals surface area contributed by atoms with Gasteiger partial charge in [-0.15, -0.1) is 0 Å². The molecule has 0 aromatic carbocycles. The Bertz CT molecular complexity index is 1150. The van der Waals surface area contributed by atoms with Gasteiger partial charge in [0.05, 0.1) is 25.6 Å². The number of hydrogen-bond donors (Lipinski definition) is 1. The molecule has 0 aliphatic carbocycles. The highest BCUT2D eigenvalue weighted by Gasteiger charge is 2.25. The number of carbonyl (C=O) groups is 1. The van der Waals surface area contributed by atoms with Crippen LogP contribution in [0.5, 0.6) is 11.8 Å². The zero-order valence-corrected chi connectivity index (χ0v) is 17.2. The first-order valence-electron chi connectivity index (χ1n) is 9.86. The molecule has 160 valence electrons. The Balaban J connectivity index is 1.57. The van der Waals surface area contributed by atoms with E-state index in [0.29, 0.717) is 41.7 Å². The van der Waals surface area contributed by atoms with E-state index in [1.54, 1.807) is 29.0 Å². The molecule has 1 atom stereocenters. The van der Waals surface area contributed by atoms with Crippen molar-refractivity contribution in [3.05, 3.63) is 58.5 Å². The highest BCUT2D eigenvalue weighted by molar-refractivity contribution is 5.96. The van der Waals surface area contributed by atoms with Crippen LogP contribution >= 0.6 is 0 Å². The molecule has 0 fully saturated rings. The maximum atomic E-state index is 12.8. The second-order valence-electron chi connectivity index (χ2n) is 7.04. The molecule has 0 saturated carbocycles. The summed E-state index contributed by atoms with van der Waals surface area (Å²) >= 11 is 0. The van der Waals surface area contributed by atoms with Crippen molar-refractivity contribution in [1.29, 1.82) is 0 Å². The maximum absolute atomic E-state index is 12.8. The fourth-order valence-electron chi connectivity index (χ4n) is 3.63. The summed E-state index contributed by atoms with van der Waals surface area (Å²) in [5.41, 5.74) is 1.26. The summed E-state index contributed by atoms with van der Waals surface area (Å²) in [5, 5.41) is 2.92. The first-order valence-corrected chi connectivity index (χ1v) is 9.86. The molecule has 1 aliphatic rings. The molecule has 0 bridgehead atoms. The number of methoxy groups -OCH3 is 2. The third-order valence-electron chi connectivity index (χ3n) is 5.17. The predicted molar refractivity (Wildman–Crippen MR) is 111 cm³/mol. The molecule has 3 aromatic rings. The predicted octanol–water partition coefficient (Wildman–Crippen LogP) is 1.42. The summed E-state index contributed by atoms with van der Waals surface area (Å²) in [6, 6.07) is 6.40. The lowest BCUT2D eigenvalue weighted by atomic mass is 9.97.